The number of halogens is 3. The second-order valence-corrected chi connectivity index (χ2v) is 2.75. The van der Waals surface area contributed by atoms with Gasteiger partial charge >= 0.3 is 6.18 Å². The first-order valence-corrected chi connectivity index (χ1v) is 3.96. The van der Waals surface area contributed by atoms with Gasteiger partial charge in [-0.2, -0.15) is 13.2 Å². The molecule has 0 bridgehead atoms. The Labute approximate surface area is 74.3 Å². The zero-order chi connectivity index (χ0) is 10.5. The summed E-state index contributed by atoms with van der Waals surface area (Å²) in [6.45, 7) is 0.396. The molecule has 0 aromatic heterocycles. The molecule has 0 amide bonds. The van der Waals surface area contributed by atoms with Crippen LogP contribution in [0.1, 0.15) is 19.3 Å². The fraction of sp³-hybridized carbons (Fsp3) is 0.857. The second-order valence-electron chi connectivity index (χ2n) is 2.75. The minimum Gasteiger partial charge on any atom is -0.330 e. The number of ketones is 1. The van der Waals surface area contributed by atoms with Crippen LogP contribution in [-0.4, -0.2) is 24.5 Å². The third-order valence-corrected chi connectivity index (χ3v) is 1.59. The smallest absolute Gasteiger partial charge is 0.330 e. The van der Waals surface area contributed by atoms with Gasteiger partial charge in [0.15, 0.2) is 0 Å². The first-order valence-electron chi connectivity index (χ1n) is 3.96. The molecule has 0 saturated carbocycles. The molecular formula is C7H13F3N2O. The quantitative estimate of drug-likeness (QED) is 0.634. The number of rotatable bonds is 5. The molecule has 0 heterocycles. The number of nitrogens with two attached hydrogens (primary N) is 2. The molecule has 0 rings (SSSR count). The van der Waals surface area contributed by atoms with Gasteiger partial charge in [-0.25, -0.2) is 0 Å². The van der Waals surface area contributed by atoms with Gasteiger partial charge in [0, 0.05) is 0 Å². The first-order chi connectivity index (χ1) is 5.89. The van der Waals surface area contributed by atoms with Crippen molar-refractivity contribution in [3.05, 3.63) is 0 Å². The van der Waals surface area contributed by atoms with Crippen molar-refractivity contribution in [1.29, 1.82) is 0 Å². The second kappa shape index (κ2) is 5.18. The van der Waals surface area contributed by atoms with Gasteiger partial charge in [0.25, 0.3) is 5.78 Å². The summed E-state index contributed by atoms with van der Waals surface area (Å²) in [5.74, 6) is -1.86. The Balaban J connectivity index is 3.84. The van der Waals surface area contributed by atoms with E-state index in [-0.39, 0.29) is 6.42 Å². The normalized spacial score (nSPS) is 14.2. The molecule has 1 atom stereocenters. The van der Waals surface area contributed by atoms with Gasteiger partial charge in [0.05, 0.1) is 6.04 Å². The van der Waals surface area contributed by atoms with Gasteiger partial charge in [0.1, 0.15) is 0 Å². The largest absolute Gasteiger partial charge is 0.451 e. The van der Waals surface area contributed by atoms with E-state index in [1.807, 2.05) is 0 Å². The van der Waals surface area contributed by atoms with Crippen LogP contribution in [0.25, 0.3) is 0 Å². The van der Waals surface area contributed by atoms with Gasteiger partial charge in [-0.15, -0.1) is 0 Å². The minimum atomic E-state index is -4.82. The molecule has 6 heteroatoms. The third-order valence-electron chi connectivity index (χ3n) is 1.59. The van der Waals surface area contributed by atoms with E-state index in [1.54, 1.807) is 0 Å². The molecule has 0 aromatic carbocycles. The Bertz CT molecular complexity index is 170. The number of hydrogen-bond donors (Lipinski definition) is 2. The van der Waals surface area contributed by atoms with Crippen LogP contribution < -0.4 is 11.5 Å². The average molecular weight is 198 g/mol. The number of Topliss-reactive ketones (excluding diaryl/α,β-unsaturated/α-hetero) is 1. The van der Waals surface area contributed by atoms with Crippen molar-refractivity contribution in [1.82, 2.24) is 0 Å². The van der Waals surface area contributed by atoms with E-state index in [0.29, 0.717) is 19.4 Å². The summed E-state index contributed by atoms with van der Waals surface area (Å²) in [6, 6.07) is -1.44. The lowest BCUT2D eigenvalue weighted by atomic mass is 10.1. The van der Waals surface area contributed by atoms with Crippen molar-refractivity contribution in [3.8, 4) is 0 Å². The SMILES string of the molecule is NCCCCC(N)C(=O)C(F)(F)F. The zero-order valence-corrected chi connectivity index (χ0v) is 7.10. The van der Waals surface area contributed by atoms with Crippen molar-refractivity contribution in [2.75, 3.05) is 6.54 Å². The molecule has 0 fully saturated rings. The maximum atomic E-state index is 11.8. The highest BCUT2D eigenvalue weighted by Crippen LogP contribution is 2.18. The molecule has 13 heavy (non-hydrogen) atoms. The zero-order valence-electron chi connectivity index (χ0n) is 7.10. The maximum absolute atomic E-state index is 11.8. The molecule has 0 aromatic rings. The molecule has 78 valence electrons. The number of unbranched alkanes of at least 4 members (excludes halogenated alkanes) is 1. The molecule has 3 nitrogen and oxygen atoms in total. The number of hydrogen-bond acceptors (Lipinski definition) is 3. The van der Waals surface area contributed by atoms with Crippen LogP contribution in [0.2, 0.25) is 0 Å². The van der Waals surface area contributed by atoms with Crippen LogP contribution in [-0.2, 0) is 4.79 Å². The summed E-state index contributed by atoms with van der Waals surface area (Å²) in [5, 5.41) is 0. The van der Waals surface area contributed by atoms with E-state index in [2.05, 4.69) is 0 Å². The Morgan fingerprint density at radius 3 is 2.23 bits per heavy atom. The number of carbonyl (C=O) groups excluding carboxylic acids is 1. The van der Waals surface area contributed by atoms with Crippen molar-refractivity contribution in [3.63, 3.8) is 0 Å². The molecule has 0 aliphatic rings. The van der Waals surface area contributed by atoms with Crippen LogP contribution in [0.4, 0.5) is 13.2 Å². The van der Waals surface area contributed by atoms with Crippen LogP contribution in [0.3, 0.4) is 0 Å². The summed E-state index contributed by atoms with van der Waals surface area (Å²) in [6.07, 6.45) is -3.75. The molecule has 0 saturated heterocycles. The minimum absolute atomic E-state index is 0.0372. The summed E-state index contributed by atoms with van der Waals surface area (Å²) >= 11 is 0. The summed E-state index contributed by atoms with van der Waals surface area (Å²) in [7, 11) is 0. The van der Waals surface area contributed by atoms with Crippen molar-refractivity contribution in [2.24, 2.45) is 11.5 Å². The van der Waals surface area contributed by atoms with Gasteiger partial charge in [-0.1, -0.05) is 6.42 Å². The van der Waals surface area contributed by atoms with E-state index in [9.17, 15) is 18.0 Å². The lowest BCUT2D eigenvalue weighted by molar-refractivity contribution is -0.172. The highest BCUT2D eigenvalue weighted by Gasteiger charge is 2.41. The predicted octanol–water partition coefficient (Wildman–Crippen LogP) is 0.574. The van der Waals surface area contributed by atoms with Crippen LogP contribution in [0.15, 0.2) is 0 Å². The summed E-state index contributed by atoms with van der Waals surface area (Å²) in [5.41, 5.74) is 10.2. The molecular weight excluding hydrogens is 185 g/mol. The fourth-order valence-corrected chi connectivity index (χ4v) is 0.850. The van der Waals surface area contributed by atoms with Crippen LogP contribution in [0.5, 0.6) is 0 Å². The van der Waals surface area contributed by atoms with Gasteiger partial charge in [-0.3, -0.25) is 4.79 Å². The maximum Gasteiger partial charge on any atom is 0.451 e. The fourth-order valence-electron chi connectivity index (χ4n) is 0.850. The van der Waals surface area contributed by atoms with Crippen LogP contribution in [0, 0.1) is 0 Å². The first kappa shape index (κ1) is 12.4. The Kier molecular flexibility index (Phi) is 4.94. The van der Waals surface area contributed by atoms with Gasteiger partial charge < -0.3 is 11.5 Å². The molecule has 0 aliphatic carbocycles. The predicted molar refractivity (Wildman–Crippen MR) is 41.9 cm³/mol. The van der Waals surface area contributed by atoms with E-state index in [0.717, 1.165) is 0 Å². The number of alkyl halides is 3. The molecule has 0 radical (unpaired) electrons. The molecule has 0 aliphatic heterocycles. The van der Waals surface area contributed by atoms with Crippen molar-refractivity contribution >= 4 is 5.78 Å². The molecule has 1 unspecified atom stereocenters. The van der Waals surface area contributed by atoms with Crippen molar-refractivity contribution in [2.45, 2.75) is 31.5 Å². The average Bonchev–Trinajstić information content (AvgIpc) is 2.01. The lowest BCUT2D eigenvalue weighted by Crippen LogP contribution is -2.40. The monoisotopic (exact) mass is 198 g/mol. The molecule has 4 N–H and O–H groups in total. The standard InChI is InChI=1S/C7H13F3N2O/c8-7(9,10)6(13)5(12)3-1-2-4-11/h5H,1-4,11-12H2. The topological polar surface area (TPSA) is 69.1 Å². The van der Waals surface area contributed by atoms with E-state index >= 15 is 0 Å². The highest BCUT2D eigenvalue weighted by atomic mass is 19.4. The Morgan fingerprint density at radius 2 is 1.85 bits per heavy atom. The lowest BCUT2D eigenvalue weighted by Gasteiger charge is -2.11. The molecule has 0 spiro atoms. The van der Waals surface area contributed by atoms with Crippen LogP contribution >= 0.6 is 0 Å². The summed E-state index contributed by atoms with van der Waals surface area (Å²) < 4.78 is 35.3. The Hall–Kier alpha value is -0.620. The van der Waals surface area contributed by atoms with Crippen molar-refractivity contribution < 1.29 is 18.0 Å². The van der Waals surface area contributed by atoms with E-state index < -0.39 is 18.0 Å². The number of carbonyl (C=O) groups is 1. The van der Waals surface area contributed by atoms with E-state index in [1.165, 1.54) is 0 Å². The highest BCUT2D eigenvalue weighted by molar-refractivity contribution is 5.88. The Morgan fingerprint density at radius 1 is 1.31 bits per heavy atom. The van der Waals surface area contributed by atoms with Gasteiger partial charge in [-0.05, 0) is 19.4 Å². The van der Waals surface area contributed by atoms with Gasteiger partial charge in [0.2, 0.25) is 0 Å². The van der Waals surface area contributed by atoms with E-state index in [4.69, 9.17) is 11.5 Å². The third kappa shape index (κ3) is 4.84. The summed E-state index contributed by atoms with van der Waals surface area (Å²) in [4.78, 5) is 10.5.